The third-order valence-electron chi connectivity index (χ3n) is 3.36. The van der Waals surface area contributed by atoms with Crippen molar-refractivity contribution in [2.24, 2.45) is 0 Å². The summed E-state index contributed by atoms with van der Waals surface area (Å²) in [4.78, 5) is 10.3. The molecule has 0 bridgehead atoms. The lowest BCUT2D eigenvalue weighted by atomic mass is 10.0. The highest BCUT2D eigenvalue weighted by Crippen LogP contribution is 2.19. The largest absolute Gasteiger partial charge is 0.478 e. The number of rotatable bonds is 6. The van der Waals surface area contributed by atoms with Gasteiger partial charge in [-0.15, -0.1) is 0 Å². The Morgan fingerprint density at radius 3 is 2.68 bits per heavy atom. The van der Waals surface area contributed by atoms with Gasteiger partial charge in [-0.2, -0.15) is 5.26 Å². The molecule has 2 aromatic carbocycles. The summed E-state index contributed by atoms with van der Waals surface area (Å²) in [7, 11) is 0. The molecule has 0 aliphatic rings. The van der Waals surface area contributed by atoms with Crippen LogP contribution in [0.5, 0.6) is 0 Å². The van der Waals surface area contributed by atoms with E-state index in [0.717, 1.165) is 36.1 Å². The number of aliphatic carboxylic acids is 1. The molecule has 0 atom stereocenters. The minimum atomic E-state index is -0.930. The van der Waals surface area contributed by atoms with Crippen LogP contribution in [0.15, 0.2) is 60.7 Å². The van der Waals surface area contributed by atoms with E-state index in [-0.39, 0.29) is 0 Å². The molecular formula is C19H17NO2. The van der Waals surface area contributed by atoms with Crippen LogP contribution in [-0.2, 0) is 11.2 Å². The molecule has 0 saturated carbocycles. The molecule has 0 saturated heterocycles. The van der Waals surface area contributed by atoms with Crippen LogP contribution in [0.25, 0.3) is 10.8 Å². The zero-order valence-electron chi connectivity index (χ0n) is 12.2. The number of carboxylic acid groups (broad SMARTS) is 1. The van der Waals surface area contributed by atoms with E-state index < -0.39 is 5.97 Å². The molecule has 0 aliphatic carbocycles. The fraction of sp³-hybridized carbons (Fsp3) is 0.158. The second-order valence-corrected chi connectivity index (χ2v) is 5.03. The summed E-state index contributed by atoms with van der Waals surface area (Å²) in [5, 5.41) is 19.6. The fourth-order valence-electron chi connectivity index (χ4n) is 2.26. The number of carbonyl (C=O) groups is 1. The van der Waals surface area contributed by atoms with Gasteiger partial charge in [0.05, 0.1) is 11.6 Å². The summed E-state index contributed by atoms with van der Waals surface area (Å²) < 4.78 is 0. The smallest absolute Gasteiger partial charge is 0.328 e. The maximum atomic E-state index is 10.3. The number of allylic oxidation sites excluding steroid dienone is 3. The van der Waals surface area contributed by atoms with Crippen LogP contribution in [0.1, 0.15) is 24.0 Å². The Balaban J connectivity index is 1.90. The van der Waals surface area contributed by atoms with E-state index in [1.54, 1.807) is 6.08 Å². The van der Waals surface area contributed by atoms with Gasteiger partial charge in [0.25, 0.3) is 0 Å². The Morgan fingerprint density at radius 2 is 1.91 bits per heavy atom. The van der Waals surface area contributed by atoms with E-state index in [9.17, 15) is 4.79 Å². The van der Waals surface area contributed by atoms with Crippen molar-refractivity contribution in [2.75, 3.05) is 0 Å². The normalized spacial score (nSPS) is 11.2. The molecular weight excluding hydrogens is 274 g/mol. The highest BCUT2D eigenvalue weighted by atomic mass is 16.4. The average Bonchev–Trinajstić information content (AvgIpc) is 2.53. The third kappa shape index (κ3) is 4.60. The maximum absolute atomic E-state index is 10.3. The Morgan fingerprint density at radius 1 is 1.14 bits per heavy atom. The van der Waals surface area contributed by atoms with Crippen molar-refractivity contribution < 1.29 is 9.90 Å². The van der Waals surface area contributed by atoms with Gasteiger partial charge in [0.2, 0.25) is 0 Å². The lowest BCUT2D eigenvalue weighted by Gasteiger charge is -2.03. The van der Waals surface area contributed by atoms with Crippen LogP contribution in [-0.4, -0.2) is 11.1 Å². The first-order chi connectivity index (χ1) is 10.7. The molecule has 0 aromatic heterocycles. The molecule has 0 amide bonds. The molecule has 0 heterocycles. The number of carboxylic acids is 1. The number of aryl methyl sites for hydroxylation is 1. The van der Waals surface area contributed by atoms with E-state index in [1.165, 1.54) is 11.6 Å². The van der Waals surface area contributed by atoms with Crippen molar-refractivity contribution in [1.29, 1.82) is 5.26 Å². The molecule has 110 valence electrons. The topological polar surface area (TPSA) is 61.1 Å². The van der Waals surface area contributed by atoms with Crippen LogP contribution in [0, 0.1) is 11.3 Å². The summed E-state index contributed by atoms with van der Waals surface area (Å²) in [5.41, 5.74) is 1.95. The number of nitriles is 1. The van der Waals surface area contributed by atoms with Crippen molar-refractivity contribution >= 4 is 16.7 Å². The van der Waals surface area contributed by atoms with Crippen molar-refractivity contribution in [1.82, 2.24) is 0 Å². The minimum Gasteiger partial charge on any atom is -0.478 e. The molecule has 1 N–H and O–H groups in total. The second kappa shape index (κ2) is 7.80. The van der Waals surface area contributed by atoms with Crippen LogP contribution >= 0.6 is 0 Å². The fourth-order valence-corrected chi connectivity index (χ4v) is 2.26. The zero-order valence-corrected chi connectivity index (χ0v) is 12.2. The number of hydrogen-bond acceptors (Lipinski definition) is 2. The molecule has 2 aromatic rings. The predicted octanol–water partition coefficient (Wildman–Crippen LogP) is 4.23. The van der Waals surface area contributed by atoms with Gasteiger partial charge in [0.15, 0.2) is 0 Å². The molecule has 0 unspecified atom stereocenters. The highest BCUT2D eigenvalue weighted by Gasteiger charge is 1.98. The molecule has 3 heteroatoms. The molecule has 0 fully saturated rings. The van der Waals surface area contributed by atoms with Crippen LogP contribution in [0.4, 0.5) is 0 Å². The summed E-state index contributed by atoms with van der Waals surface area (Å²) in [6.07, 6.45) is 9.29. The van der Waals surface area contributed by atoms with Crippen LogP contribution in [0.3, 0.4) is 0 Å². The summed E-state index contributed by atoms with van der Waals surface area (Å²) >= 11 is 0. The average molecular weight is 291 g/mol. The SMILES string of the molecule is N#Cc1ccc2cc(CCC/C=C/C=C/C(=O)O)ccc2c1. The molecule has 22 heavy (non-hydrogen) atoms. The van der Waals surface area contributed by atoms with Crippen molar-refractivity contribution in [2.45, 2.75) is 19.3 Å². The van der Waals surface area contributed by atoms with Crippen LogP contribution < -0.4 is 0 Å². The summed E-state index contributed by atoms with van der Waals surface area (Å²) in [5.74, 6) is -0.930. The van der Waals surface area contributed by atoms with Gasteiger partial charge >= 0.3 is 5.97 Å². The standard InChI is InChI=1S/C19H17NO2/c20-14-16-9-11-17-12-15(8-10-18(17)13-16)6-4-2-1-3-5-7-19(21)22/h1,3,5,7-13H,2,4,6H2,(H,21,22)/b3-1+,7-5+. The first kappa shape index (κ1) is 15.5. The summed E-state index contributed by atoms with van der Waals surface area (Å²) in [6, 6.07) is 14.2. The van der Waals surface area contributed by atoms with E-state index in [0.29, 0.717) is 5.56 Å². The molecule has 0 spiro atoms. The number of unbranched alkanes of at least 4 members (excludes halogenated alkanes) is 1. The number of hydrogen-bond donors (Lipinski definition) is 1. The minimum absolute atomic E-state index is 0.680. The van der Waals surface area contributed by atoms with Gasteiger partial charge in [-0.05, 0) is 47.7 Å². The molecule has 2 rings (SSSR count). The van der Waals surface area contributed by atoms with Gasteiger partial charge in [0, 0.05) is 6.08 Å². The van der Waals surface area contributed by atoms with E-state index in [2.05, 4.69) is 24.3 Å². The monoisotopic (exact) mass is 291 g/mol. The van der Waals surface area contributed by atoms with Gasteiger partial charge in [-0.25, -0.2) is 4.79 Å². The summed E-state index contributed by atoms with van der Waals surface area (Å²) in [6.45, 7) is 0. The third-order valence-corrected chi connectivity index (χ3v) is 3.36. The van der Waals surface area contributed by atoms with Gasteiger partial charge in [-0.1, -0.05) is 42.5 Å². The number of fused-ring (bicyclic) bond motifs is 1. The van der Waals surface area contributed by atoms with E-state index in [4.69, 9.17) is 10.4 Å². The highest BCUT2D eigenvalue weighted by molar-refractivity contribution is 5.84. The second-order valence-electron chi connectivity index (χ2n) is 5.03. The number of benzene rings is 2. The first-order valence-corrected chi connectivity index (χ1v) is 7.18. The lowest BCUT2D eigenvalue weighted by molar-refractivity contribution is -0.131. The quantitative estimate of drug-likeness (QED) is 0.492. The van der Waals surface area contributed by atoms with E-state index >= 15 is 0 Å². The molecule has 3 nitrogen and oxygen atoms in total. The Bertz CT molecular complexity index is 767. The first-order valence-electron chi connectivity index (χ1n) is 7.18. The zero-order chi connectivity index (χ0) is 15.8. The number of nitrogens with zero attached hydrogens (tertiary/aromatic N) is 1. The molecule has 0 radical (unpaired) electrons. The van der Waals surface area contributed by atoms with Gasteiger partial charge in [0.1, 0.15) is 0 Å². The maximum Gasteiger partial charge on any atom is 0.328 e. The Labute approximate surface area is 129 Å². The van der Waals surface area contributed by atoms with E-state index in [1.807, 2.05) is 24.3 Å². The van der Waals surface area contributed by atoms with Gasteiger partial charge in [-0.3, -0.25) is 0 Å². The van der Waals surface area contributed by atoms with Crippen LogP contribution in [0.2, 0.25) is 0 Å². The van der Waals surface area contributed by atoms with Crippen molar-refractivity contribution in [3.8, 4) is 6.07 Å². The Kier molecular flexibility index (Phi) is 5.50. The predicted molar refractivity (Wildman–Crippen MR) is 87.5 cm³/mol. The van der Waals surface area contributed by atoms with Gasteiger partial charge < -0.3 is 5.11 Å². The van der Waals surface area contributed by atoms with Crippen molar-refractivity contribution in [3.05, 3.63) is 71.8 Å². The Hall–Kier alpha value is -2.86. The van der Waals surface area contributed by atoms with Crippen molar-refractivity contribution in [3.63, 3.8) is 0 Å². The lowest BCUT2D eigenvalue weighted by Crippen LogP contribution is -1.86. The molecule has 0 aliphatic heterocycles.